The maximum atomic E-state index is 12.9. The summed E-state index contributed by atoms with van der Waals surface area (Å²) in [5.41, 5.74) is -1.87. The summed E-state index contributed by atoms with van der Waals surface area (Å²) in [7, 11) is -16.9. The quantitative estimate of drug-likeness (QED) is 0.208. The Hall–Kier alpha value is -1.10. The van der Waals surface area contributed by atoms with Gasteiger partial charge in [-0.2, -0.15) is 13.6 Å². The molecular formula is C9H14FN2O15P3. The Morgan fingerprint density at radius 1 is 1.13 bits per heavy atom. The van der Waals surface area contributed by atoms with Gasteiger partial charge < -0.3 is 29.4 Å². The number of H-pyrrole nitrogens is 1. The summed E-state index contributed by atoms with van der Waals surface area (Å²) in [5, 5.41) is 10.0. The molecule has 1 saturated heterocycles. The fraction of sp³-hybridized carbons (Fsp3) is 0.556. The van der Waals surface area contributed by atoms with Crippen LogP contribution >= 0.6 is 23.5 Å². The Morgan fingerprint density at radius 3 is 2.30 bits per heavy atom. The molecule has 0 radical (unpaired) electrons. The first-order valence-electron chi connectivity index (χ1n) is 7.35. The van der Waals surface area contributed by atoms with Crippen LogP contribution in [-0.4, -0.2) is 59.2 Å². The van der Waals surface area contributed by atoms with E-state index in [1.807, 2.05) is 4.98 Å². The minimum Gasteiger partial charge on any atom is -0.387 e. The lowest BCUT2D eigenvalue weighted by molar-refractivity contribution is -0.221. The lowest BCUT2D eigenvalue weighted by Gasteiger charge is -2.19. The molecule has 0 amide bonds. The number of aromatic nitrogens is 2. The molecule has 6 N–H and O–H groups in total. The largest absolute Gasteiger partial charge is 0.490 e. The zero-order valence-electron chi connectivity index (χ0n) is 14.2. The molecule has 0 aliphatic carbocycles. The van der Waals surface area contributed by atoms with Gasteiger partial charge in [0, 0.05) is 12.3 Å². The molecule has 1 fully saturated rings. The highest BCUT2D eigenvalue weighted by Gasteiger charge is 2.48. The predicted octanol–water partition coefficient (Wildman–Crippen LogP) is -1.59. The van der Waals surface area contributed by atoms with Crippen LogP contribution in [0.2, 0.25) is 0 Å². The molecular weight excluding hydrogens is 488 g/mol. The van der Waals surface area contributed by atoms with Crippen molar-refractivity contribution in [3.63, 3.8) is 0 Å². The summed E-state index contributed by atoms with van der Waals surface area (Å²) < 4.78 is 63.3. The standard InChI is InChI=1S/C9H14FN2O15P3/c10-25-7-6(14)4(24-8(7)12-2-1-5(13)11-9(12)15)3-23-29(19,20)27-30(21,22)26-28(16,17)18/h1-2,4,6-8,14H,3H2,(H,19,20)(H,21,22)(H,11,13,15)(H2,16,17,18)/t4-,6?,7?,8-/m0/s1. The van der Waals surface area contributed by atoms with Crippen LogP contribution in [0, 0.1) is 0 Å². The molecule has 0 bridgehead atoms. The van der Waals surface area contributed by atoms with E-state index in [-0.39, 0.29) is 0 Å². The number of halogens is 1. The summed E-state index contributed by atoms with van der Waals surface area (Å²) in [6, 6.07) is 0.867. The lowest BCUT2D eigenvalue weighted by Crippen LogP contribution is -2.38. The third-order valence-corrected chi connectivity index (χ3v) is 7.16. The monoisotopic (exact) mass is 502 g/mol. The Labute approximate surface area is 163 Å². The average molecular weight is 502 g/mol. The van der Waals surface area contributed by atoms with E-state index in [0.29, 0.717) is 4.57 Å². The van der Waals surface area contributed by atoms with Gasteiger partial charge >= 0.3 is 29.2 Å². The van der Waals surface area contributed by atoms with Crippen LogP contribution in [0.5, 0.6) is 0 Å². The van der Waals surface area contributed by atoms with Gasteiger partial charge in [0.2, 0.25) is 0 Å². The van der Waals surface area contributed by atoms with Crippen LogP contribution in [-0.2, 0) is 36.5 Å². The molecule has 1 aromatic heterocycles. The summed E-state index contributed by atoms with van der Waals surface area (Å²) in [5.74, 6) is 0. The molecule has 4 unspecified atom stereocenters. The number of aromatic amines is 1. The first-order valence-corrected chi connectivity index (χ1v) is 11.9. The molecule has 30 heavy (non-hydrogen) atoms. The second-order valence-electron chi connectivity index (χ2n) is 5.51. The van der Waals surface area contributed by atoms with E-state index in [1.165, 1.54) is 0 Å². The molecule has 2 heterocycles. The van der Waals surface area contributed by atoms with Crippen LogP contribution in [0.25, 0.3) is 0 Å². The minimum absolute atomic E-state index is 0.625. The molecule has 1 aliphatic rings. The van der Waals surface area contributed by atoms with E-state index in [4.69, 9.17) is 19.4 Å². The van der Waals surface area contributed by atoms with Crippen LogP contribution in [0.4, 0.5) is 4.53 Å². The van der Waals surface area contributed by atoms with Gasteiger partial charge in [-0.05, 0) is 4.53 Å². The molecule has 0 spiro atoms. The molecule has 0 saturated carbocycles. The average Bonchev–Trinajstić information content (AvgIpc) is 2.85. The van der Waals surface area contributed by atoms with Crippen molar-refractivity contribution in [1.82, 2.24) is 9.55 Å². The van der Waals surface area contributed by atoms with Crippen LogP contribution < -0.4 is 11.2 Å². The molecule has 1 aromatic rings. The molecule has 0 aromatic carbocycles. The summed E-state index contributed by atoms with van der Waals surface area (Å²) in [4.78, 5) is 63.5. The van der Waals surface area contributed by atoms with E-state index in [0.717, 1.165) is 12.3 Å². The smallest absolute Gasteiger partial charge is 0.387 e. The van der Waals surface area contributed by atoms with Gasteiger partial charge in [0.25, 0.3) is 5.56 Å². The highest BCUT2D eigenvalue weighted by atomic mass is 31.3. The summed E-state index contributed by atoms with van der Waals surface area (Å²) >= 11 is 0. The topological polar surface area (TPSA) is 253 Å². The first kappa shape index (κ1) is 25.2. The highest BCUT2D eigenvalue weighted by molar-refractivity contribution is 7.66. The zero-order chi connectivity index (χ0) is 22.9. The van der Waals surface area contributed by atoms with Gasteiger partial charge in [-0.1, -0.05) is 0 Å². The number of nitrogens with one attached hydrogen (secondary N) is 1. The van der Waals surface area contributed by atoms with E-state index >= 15 is 0 Å². The second-order valence-corrected chi connectivity index (χ2v) is 9.93. The number of aliphatic hydroxyl groups excluding tert-OH is 1. The van der Waals surface area contributed by atoms with E-state index in [2.05, 4.69) is 18.1 Å². The summed E-state index contributed by atoms with van der Waals surface area (Å²) in [6.45, 7) is -1.13. The maximum absolute atomic E-state index is 12.9. The van der Waals surface area contributed by atoms with Gasteiger partial charge in [0.05, 0.1) is 6.61 Å². The van der Waals surface area contributed by atoms with Crippen molar-refractivity contribution in [3.05, 3.63) is 33.1 Å². The number of aliphatic hydroxyl groups is 1. The van der Waals surface area contributed by atoms with E-state index in [9.17, 15) is 37.8 Å². The number of ether oxygens (including phenoxy) is 1. The Kier molecular flexibility index (Phi) is 7.70. The molecule has 2 rings (SSSR count). The molecule has 17 nitrogen and oxygen atoms in total. The first-order chi connectivity index (χ1) is 13.6. The van der Waals surface area contributed by atoms with Gasteiger partial charge in [-0.15, -0.1) is 0 Å². The van der Waals surface area contributed by atoms with Crippen molar-refractivity contribution >= 4 is 23.5 Å². The third-order valence-electron chi connectivity index (χ3n) is 3.36. The molecule has 172 valence electrons. The van der Waals surface area contributed by atoms with Crippen molar-refractivity contribution in [1.29, 1.82) is 0 Å². The summed E-state index contributed by atoms with van der Waals surface area (Å²) in [6.07, 6.45) is -6.27. The van der Waals surface area contributed by atoms with Crippen molar-refractivity contribution in [3.8, 4) is 0 Å². The Morgan fingerprint density at radius 2 is 1.77 bits per heavy atom. The fourth-order valence-electron chi connectivity index (χ4n) is 2.27. The SMILES string of the molecule is O=c1ccn([C@H]2O[C@@H](COP(=O)(O)OP(=O)(O)OP(=O)(O)O)C(O)C2OF)c(=O)[nH]1. The second kappa shape index (κ2) is 9.18. The van der Waals surface area contributed by atoms with Gasteiger partial charge in [0.1, 0.15) is 12.2 Å². The zero-order valence-corrected chi connectivity index (χ0v) is 16.8. The van der Waals surface area contributed by atoms with Crippen molar-refractivity contribution in [2.45, 2.75) is 24.5 Å². The lowest BCUT2D eigenvalue weighted by atomic mass is 10.1. The highest BCUT2D eigenvalue weighted by Crippen LogP contribution is 2.66. The minimum atomic E-state index is -5.77. The molecule has 6 atom stereocenters. The number of hydrogen-bond donors (Lipinski definition) is 6. The van der Waals surface area contributed by atoms with Crippen LogP contribution in [0.1, 0.15) is 6.23 Å². The maximum Gasteiger partial charge on any atom is 0.490 e. The number of phosphoric acid groups is 3. The van der Waals surface area contributed by atoms with Gasteiger partial charge in [-0.3, -0.25) is 18.9 Å². The van der Waals surface area contributed by atoms with Crippen molar-refractivity contribution in [2.24, 2.45) is 0 Å². The predicted molar refractivity (Wildman–Crippen MR) is 87.0 cm³/mol. The van der Waals surface area contributed by atoms with Crippen LogP contribution in [0.15, 0.2) is 21.9 Å². The van der Waals surface area contributed by atoms with E-state index < -0.39 is 65.9 Å². The molecule has 1 aliphatic heterocycles. The van der Waals surface area contributed by atoms with Gasteiger partial charge in [0.15, 0.2) is 12.3 Å². The normalized spacial score (nSPS) is 28.7. The van der Waals surface area contributed by atoms with Crippen molar-refractivity contribution in [2.75, 3.05) is 6.61 Å². The number of phosphoric ester groups is 1. The number of hydrogen-bond acceptors (Lipinski definition) is 11. The Bertz CT molecular complexity index is 1020. The van der Waals surface area contributed by atoms with E-state index in [1.54, 1.807) is 0 Å². The fourth-order valence-corrected chi connectivity index (χ4v) is 5.30. The number of nitrogens with zero attached hydrogens (tertiary/aromatic N) is 1. The molecule has 21 heteroatoms. The van der Waals surface area contributed by atoms with Gasteiger partial charge in [-0.25, -0.2) is 18.5 Å². The van der Waals surface area contributed by atoms with Crippen LogP contribution in [0.3, 0.4) is 0 Å². The number of rotatable bonds is 9. The van der Waals surface area contributed by atoms with Crippen molar-refractivity contribution < 1.29 is 65.7 Å². The third kappa shape index (κ3) is 6.70. The Balaban J connectivity index is 2.10.